The van der Waals surface area contributed by atoms with E-state index >= 15 is 0 Å². The summed E-state index contributed by atoms with van der Waals surface area (Å²) in [5.74, 6) is 1.88. The smallest absolute Gasteiger partial charge is 0.223 e. The van der Waals surface area contributed by atoms with Crippen LogP contribution >= 0.6 is 0 Å². The minimum atomic E-state index is 0.315. The zero-order chi connectivity index (χ0) is 17.8. The molecule has 2 fully saturated rings. The average Bonchev–Trinajstić information content (AvgIpc) is 3.07. The molecule has 142 valence electrons. The predicted octanol–water partition coefficient (Wildman–Crippen LogP) is 3.97. The van der Waals surface area contributed by atoms with Crippen molar-refractivity contribution in [2.75, 3.05) is 26.2 Å². The summed E-state index contributed by atoms with van der Waals surface area (Å²) in [6, 6.07) is 6.58. The first-order valence-electron chi connectivity index (χ1n) is 10.5. The molecule has 2 heterocycles. The van der Waals surface area contributed by atoms with Crippen LogP contribution in [0.4, 0.5) is 0 Å². The van der Waals surface area contributed by atoms with Gasteiger partial charge in [-0.3, -0.25) is 9.69 Å². The summed E-state index contributed by atoms with van der Waals surface area (Å²) in [7, 11) is 0. The molecule has 3 aliphatic rings. The number of likely N-dealkylation sites (tertiary alicyclic amines) is 1. The Morgan fingerprint density at radius 1 is 1.04 bits per heavy atom. The Bertz CT molecular complexity index is 619. The number of hydrogen-bond acceptors (Lipinski definition) is 3. The number of hydrogen-bond donors (Lipinski definition) is 0. The average molecular weight is 357 g/mol. The van der Waals surface area contributed by atoms with Crippen molar-refractivity contribution in [2.24, 2.45) is 5.92 Å². The predicted molar refractivity (Wildman–Crippen MR) is 103 cm³/mol. The number of carbonyl (C=O) groups excluding carboxylic acids is 1. The second-order valence-corrected chi connectivity index (χ2v) is 8.30. The van der Waals surface area contributed by atoms with Crippen molar-refractivity contribution >= 4 is 5.91 Å². The fraction of sp³-hybridized carbons (Fsp3) is 0.682. The first-order valence-corrected chi connectivity index (χ1v) is 10.5. The van der Waals surface area contributed by atoms with Crippen LogP contribution in [0.3, 0.4) is 0 Å². The van der Waals surface area contributed by atoms with Gasteiger partial charge in [0.1, 0.15) is 12.4 Å². The molecule has 0 radical (unpaired) electrons. The number of amides is 1. The van der Waals surface area contributed by atoms with Gasteiger partial charge in [0, 0.05) is 25.1 Å². The zero-order valence-electron chi connectivity index (χ0n) is 15.9. The Hall–Kier alpha value is -1.55. The summed E-state index contributed by atoms with van der Waals surface area (Å²) in [5.41, 5.74) is 2.52. The number of carbonyl (C=O) groups is 1. The lowest BCUT2D eigenvalue weighted by molar-refractivity contribution is -0.132. The molecule has 1 saturated carbocycles. The molecule has 1 aliphatic carbocycles. The number of piperidine rings is 1. The number of fused-ring (bicyclic) bond motifs is 1. The van der Waals surface area contributed by atoms with Gasteiger partial charge in [-0.05, 0) is 62.4 Å². The normalized spacial score (nSPS) is 21.9. The summed E-state index contributed by atoms with van der Waals surface area (Å²) in [6.07, 6.45) is 9.77. The Morgan fingerprint density at radius 3 is 2.65 bits per heavy atom. The van der Waals surface area contributed by atoms with E-state index in [4.69, 9.17) is 4.74 Å². The second-order valence-electron chi connectivity index (χ2n) is 8.30. The van der Waals surface area contributed by atoms with Gasteiger partial charge in [-0.1, -0.05) is 25.3 Å². The lowest BCUT2D eigenvalue weighted by Crippen LogP contribution is -2.33. The lowest BCUT2D eigenvalue weighted by atomic mass is 10.0. The van der Waals surface area contributed by atoms with Crippen LogP contribution in [0.2, 0.25) is 0 Å². The van der Waals surface area contributed by atoms with Crippen LogP contribution in [0.15, 0.2) is 18.2 Å². The highest BCUT2D eigenvalue weighted by Crippen LogP contribution is 2.30. The summed E-state index contributed by atoms with van der Waals surface area (Å²) >= 11 is 0. The molecule has 0 aromatic heterocycles. The molecular weight excluding hydrogens is 324 g/mol. The largest absolute Gasteiger partial charge is 0.491 e. The Kier molecular flexibility index (Phi) is 5.78. The molecule has 4 rings (SSSR count). The van der Waals surface area contributed by atoms with E-state index in [1.165, 1.54) is 69.2 Å². The summed E-state index contributed by atoms with van der Waals surface area (Å²) in [4.78, 5) is 17.4. The molecular formula is C22H32N2O2. The molecule has 0 N–H and O–H groups in total. The molecule has 1 aromatic carbocycles. The maximum Gasteiger partial charge on any atom is 0.223 e. The van der Waals surface area contributed by atoms with Crippen molar-refractivity contribution in [2.45, 2.75) is 64.5 Å². The van der Waals surface area contributed by atoms with Crippen LogP contribution in [0.25, 0.3) is 0 Å². The van der Waals surface area contributed by atoms with E-state index in [-0.39, 0.29) is 0 Å². The third kappa shape index (κ3) is 4.40. The molecule has 26 heavy (non-hydrogen) atoms. The van der Waals surface area contributed by atoms with Gasteiger partial charge in [-0.25, -0.2) is 0 Å². The molecule has 4 nitrogen and oxygen atoms in total. The van der Waals surface area contributed by atoms with Gasteiger partial charge in [-0.2, -0.15) is 0 Å². The van der Waals surface area contributed by atoms with Gasteiger partial charge in [-0.15, -0.1) is 0 Å². The maximum atomic E-state index is 12.8. The highest BCUT2D eigenvalue weighted by Gasteiger charge is 2.24. The highest BCUT2D eigenvalue weighted by atomic mass is 16.5. The maximum absolute atomic E-state index is 12.8. The Morgan fingerprint density at radius 2 is 1.85 bits per heavy atom. The highest BCUT2D eigenvalue weighted by molar-refractivity contribution is 5.76. The summed E-state index contributed by atoms with van der Waals surface area (Å²) in [5, 5.41) is 0. The van der Waals surface area contributed by atoms with E-state index in [0.717, 1.165) is 18.7 Å². The van der Waals surface area contributed by atoms with Crippen LogP contribution in [0.5, 0.6) is 5.75 Å². The Balaban J connectivity index is 1.42. The van der Waals surface area contributed by atoms with E-state index in [0.29, 0.717) is 31.5 Å². The molecule has 0 atom stereocenters. The van der Waals surface area contributed by atoms with Crippen molar-refractivity contribution < 1.29 is 9.53 Å². The minimum absolute atomic E-state index is 0.315. The van der Waals surface area contributed by atoms with Crippen molar-refractivity contribution in [3.05, 3.63) is 29.3 Å². The van der Waals surface area contributed by atoms with E-state index in [2.05, 4.69) is 23.1 Å². The number of ether oxygens (including phenoxy) is 1. The monoisotopic (exact) mass is 356 g/mol. The minimum Gasteiger partial charge on any atom is -0.491 e. The molecule has 1 saturated heterocycles. The van der Waals surface area contributed by atoms with Gasteiger partial charge in [0.15, 0.2) is 0 Å². The summed E-state index contributed by atoms with van der Waals surface area (Å²) < 4.78 is 5.94. The molecule has 0 unspecified atom stereocenters. The Labute approximate surface area is 157 Å². The van der Waals surface area contributed by atoms with Crippen LogP contribution in [0.1, 0.15) is 62.5 Å². The first-order chi connectivity index (χ1) is 12.8. The summed E-state index contributed by atoms with van der Waals surface area (Å²) in [6.45, 7) is 5.45. The zero-order valence-corrected chi connectivity index (χ0v) is 15.9. The fourth-order valence-electron chi connectivity index (χ4n) is 4.73. The van der Waals surface area contributed by atoms with Crippen molar-refractivity contribution in [1.29, 1.82) is 0 Å². The van der Waals surface area contributed by atoms with Crippen LogP contribution in [-0.2, 0) is 17.9 Å². The lowest BCUT2D eigenvalue weighted by Gasteiger charge is -2.27. The van der Waals surface area contributed by atoms with Gasteiger partial charge < -0.3 is 9.64 Å². The van der Waals surface area contributed by atoms with Gasteiger partial charge in [0.25, 0.3) is 0 Å². The standard InChI is InChI=1S/C22H32N2O2/c25-22(15-18-6-2-3-7-18)24-12-13-26-21-9-8-19(14-20(21)17-24)16-23-10-4-1-5-11-23/h8-9,14,18H,1-7,10-13,15-17H2. The van der Waals surface area contributed by atoms with Crippen molar-refractivity contribution in [3.8, 4) is 5.75 Å². The molecule has 2 aliphatic heterocycles. The topological polar surface area (TPSA) is 32.8 Å². The third-order valence-corrected chi connectivity index (χ3v) is 6.25. The van der Waals surface area contributed by atoms with Gasteiger partial charge in [0.2, 0.25) is 5.91 Å². The van der Waals surface area contributed by atoms with E-state index in [9.17, 15) is 4.79 Å². The first kappa shape index (κ1) is 17.8. The van der Waals surface area contributed by atoms with E-state index in [1.807, 2.05) is 4.90 Å². The van der Waals surface area contributed by atoms with E-state index in [1.54, 1.807) is 0 Å². The number of benzene rings is 1. The van der Waals surface area contributed by atoms with Crippen LogP contribution in [0, 0.1) is 5.92 Å². The van der Waals surface area contributed by atoms with Crippen LogP contribution < -0.4 is 4.74 Å². The molecule has 1 aromatic rings. The fourth-order valence-corrected chi connectivity index (χ4v) is 4.73. The molecule has 4 heteroatoms. The van der Waals surface area contributed by atoms with Crippen molar-refractivity contribution in [1.82, 2.24) is 9.80 Å². The van der Waals surface area contributed by atoms with E-state index < -0.39 is 0 Å². The third-order valence-electron chi connectivity index (χ3n) is 6.25. The number of rotatable bonds is 4. The quantitative estimate of drug-likeness (QED) is 0.818. The molecule has 0 spiro atoms. The molecule has 1 amide bonds. The SMILES string of the molecule is O=C(CC1CCCC1)N1CCOc2ccc(CN3CCCCC3)cc2C1. The van der Waals surface area contributed by atoms with Crippen molar-refractivity contribution in [3.63, 3.8) is 0 Å². The van der Waals surface area contributed by atoms with Gasteiger partial charge in [0.05, 0.1) is 6.54 Å². The van der Waals surface area contributed by atoms with Crippen LogP contribution in [-0.4, -0.2) is 41.9 Å². The second kappa shape index (κ2) is 8.43. The number of nitrogens with zero attached hydrogens (tertiary/aromatic N) is 2. The molecule has 0 bridgehead atoms. The van der Waals surface area contributed by atoms with Gasteiger partial charge >= 0.3 is 0 Å².